The van der Waals surface area contributed by atoms with Gasteiger partial charge in [-0.1, -0.05) is 42.5 Å². The Balaban J connectivity index is 1.26. The van der Waals surface area contributed by atoms with E-state index in [0.29, 0.717) is 6.54 Å². The van der Waals surface area contributed by atoms with Crippen LogP contribution in [0.5, 0.6) is 0 Å². The predicted octanol–water partition coefficient (Wildman–Crippen LogP) is 0.766. The molecule has 6 nitrogen and oxygen atoms in total. The zero-order valence-electron chi connectivity index (χ0n) is 16.2. The number of nitrogens with one attached hydrogen (secondary N) is 1. The van der Waals surface area contributed by atoms with E-state index in [4.69, 9.17) is 4.74 Å². The van der Waals surface area contributed by atoms with E-state index in [1.54, 1.807) is 0 Å². The minimum Gasteiger partial charge on any atom is -0.379 e. The minimum atomic E-state index is 0.140. The lowest BCUT2D eigenvalue weighted by molar-refractivity contribution is -0.122. The van der Waals surface area contributed by atoms with Crippen molar-refractivity contribution < 1.29 is 9.53 Å². The number of hydrogen-bond donors (Lipinski definition) is 1. The third kappa shape index (κ3) is 7.42. The van der Waals surface area contributed by atoms with Crippen molar-refractivity contribution in [2.45, 2.75) is 0 Å². The van der Waals surface area contributed by atoms with Gasteiger partial charge >= 0.3 is 0 Å². The maximum atomic E-state index is 12.1. The normalized spacial score (nSPS) is 20.1. The van der Waals surface area contributed by atoms with Gasteiger partial charge in [-0.15, -0.1) is 0 Å². The van der Waals surface area contributed by atoms with Crippen molar-refractivity contribution >= 4 is 12.0 Å². The molecule has 0 spiro atoms. The molecule has 0 aliphatic carbocycles. The van der Waals surface area contributed by atoms with Crippen molar-refractivity contribution in [3.05, 3.63) is 42.0 Å². The van der Waals surface area contributed by atoms with Gasteiger partial charge in [-0.25, -0.2) is 0 Å². The van der Waals surface area contributed by atoms with Crippen LogP contribution < -0.4 is 5.32 Å². The van der Waals surface area contributed by atoms with Crippen LogP contribution in [0, 0.1) is 0 Å². The molecule has 6 heteroatoms. The molecule has 1 N–H and O–H groups in total. The highest BCUT2D eigenvalue weighted by molar-refractivity contribution is 5.78. The fraction of sp³-hybridized carbons (Fsp3) is 0.571. The first-order chi connectivity index (χ1) is 13.3. The molecule has 0 unspecified atom stereocenters. The van der Waals surface area contributed by atoms with Crippen LogP contribution >= 0.6 is 0 Å². The smallest absolute Gasteiger partial charge is 0.234 e. The molecule has 1 amide bonds. The van der Waals surface area contributed by atoms with Crippen LogP contribution in [-0.4, -0.2) is 99.3 Å². The Hall–Kier alpha value is -1.73. The molecule has 1 aromatic carbocycles. The lowest BCUT2D eigenvalue weighted by atomic mass is 10.2. The van der Waals surface area contributed by atoms with Gasteiger partial charge in [0.2, 0.25) is 5.91 Å². The van der Waals surface area contributed by atoms with E-state index >= 15 is 0 Å². The SMILES string of the molecule is O=C(CN1CCN(C/C=C/c2ccccc2)CC1)NCCN1CCOCC1. The summed E-state index contributed by atoms with van der Waals surface area (Å²) < 4.78 is 5.34. The van der Waals surface area contributed by atoms with Gasteiger partial charge < -0.3 is 10.1 Å². The maximum Gasteiger partial charge on any atom is 0.234 e. The van der Waals surface area contributed by atoms with E-state index in [0.717, 1.165) is 72.1 Å². The highest BCUT2D eigenvalue weighted by Gasteiger charge is 2.18. The van der Waals surface area contributed by atoms with Crippen molar-refractivity contribution in [3.8, 4) is 0 Å². The molecule has 0 bridgehead atoms. The van der Waals surface area contributed by atoms with Crippen molar-refractivity contribution in [1.29, 1.82) is 0 Å². The molecule has 2 fully saturated rings. The van der Waals surface area contributed by atoms with Crippen LogP contribution in [0.2, 0.25) is 0 Å². The summed E-state index contributed by atoms with van der Waals surface area (Å²) in [7, 11) is 0. The molecule has 1 aromatic rings. The van der Waals surface area contributed by atoms with Crippen molar-refractivity contribution in [3.63, 3.8) is 0 Å². The Morgan fingerprint density at radius 3 is 2.41 bits per heavy atom. The lowest BCUT2D eigenvalue weighted by Gasteiger charge is -2.33. The van der Waals surface area contributed by atoms with Gasteiger partial charge in [-0.05, 0) is 5.56 Å². The average molecular weight is 373 g/mol. The summed E-state index contributed by atoms with van der Waals surface area (Å²) in [5.74, 6) is 0.140. The standard InChI is InChI=1S/C21H32N4O2/c26-21(22-8-10-24-15-17-27-18-16-24)19-25-13-11-23(12-14-25)9-4-7-20-5-2-1-3-6-20/h1-7H,8-19H2,(H,22,26)/b7-4+. The Morgan fingerprint density at radius 2 is 1.67 bits per heavy atom. The highest BCUT2D eigenvalue weighted by atomic mass is 16.5. The van der Waals surface area contributed by atoms with E-state index in [2.05, 4.69) is 56.4 Å². The number of benzene rings is 1. The average Bonchev–Trinajstić information content (AvgIpc) is 2.71. The van der Waals surface area contributed by atoms with E-state index in [-0.39, 0.29) is 5.91 Å². The Morgan fingerprint density at radius 1 is 0.963 bits per heavy atom. The van der Waals surface area contributed by atoms with E-state index in [1.165, 1.54) is 5.56 Å². The number of nitrogens with zero attached hydrogens (tertiary/aromatic N) is 3. The van der Waals surface area contributed by atoms with Gasteiger partial charge in [-0.2, -0.15) is 0 Å². The lowest BCUT2D eigenvalue weighted by Crippen LogP contribution is -2.50. The van der Waals surface area contributed by atoms with E-state index in [1.807, 2.05) is 6.07 Å². The first-order valence-corrected chi connectivity index (χ1v) is 10.0. The quantitative estimate of drug-likeness (QED) is 0.730. The van der Waals surface area contributed by atoms with Gasteiger partial charge in [0.05, 0.1) is 19.8 Å². The summed E-state index contributed by atoms with van der Waals surface area (Å²) in [4.78, 5) is 19.2. The molecular weight excluding hydrogens is 340 g/mol. The largest absolute Gasteiger partial charge is 0.379 e. The topological polar surface area (TPSA) is 48.1 Å². The summed E-state index contributed by atoms with van der Waals surface area (Å²) in [6.07, 6.45) is 4.40. The molecule has 0 saturated carbocycles. The van der Waals surface area contributed by atoms with Gasteiger partial charge in [0.25, 0.3) is 0 Å². The van der Waals surface area contributed by atoms with Crippen molar-refractivity contribution in [1.82, 2.24) is 20.0 Å². The number of piperazine rings is 1. The van der Waals surface area contributed by atoms with Crippen LogP contribution in [0.25, 0.3) is 6.08 Å². The second-order valence-electron chi connectivity index (χ2n) is 7.19. The molecule has 3 rings (SSSR count). The number of morpholine rings is 1. The van der Waals surface area contributed by atoms with E-state index in [9.17, 15) is 4.79 Å². The Labute approximate surface area is 162 Å². The zero-order chi connectivity index (χ0) is 18.7. The number of hydrogen-bond acceptors (Lipinski definition) is 5. The van der Waals surface area contributed by atoms with Crippen LogP contribution in [0.15, 0.2) is 36.4 Å². The van der Waals surface area contributed by atoms with Crippen LogP contribution in [-0.2, 0) is 9.53 Å². The molecule has 2 saturated heterocycles. The number of carbonyl (C=O) groups excluding carboxylic acids is 1. The number of amides is 1. The molecule has 27 heavy (non-hydrogen) atoms. The van der Waals surface area contributed by atoms with Gasteiger partial charge in [0.15, 0.2) is 0 Å². The second-order valence-corrected chi connectivity index (χ2v) is 7.19. The fourth-order valence-electron chi connectivity index (χ4n) is 3.47. The zero-order valence-corrected chi connectivity index (χ0v) is 16.2. The summed E-state index contributed by atoms with van der Waals surface area (Å²) in [5, 5.41) is 3.05. The molecular formula is C21H32N4O2. The Kier molecular flexibility index (Phi) is 8.30. The predicted molar refractivity (Wildman–Crippen MR) is 109 cm³/mol. The van der Waals surface area contributed by atoms with E-state index < -0.39 is 0 Å². The third-order valence-corrected chi connectivity index (χ3v) is 5.16. The minimum absolute atomic E-state index is 0.140. The third-order valence-electron chi connectivity index (χ3n) is 5.16. The van der Waals surface area contributed by atoms with Crippen LogP contribution in [0.1, 0.15) is 5.56 Å². The van der Waals surface area contributed by atoms with Crippen LogP contribution in [0.3, 0.4) is 0 Å². The van der Waals surface area contributed by atoms with Crippen molar-refractivity contribution in [2.75, 3.05) is 78.7 Å². The Bertz CT molecular complexity index is 579. The maximum absolute atomic E-state index is 12.1. The molecule has 0 atom stereocenters. The summed E-state index contributed by atoms with van der Waals surface area (Å²) in [6, 6.07) is 10.4. The van der Waals surface area contributed by atoms with Crippen molar-refractivity contribution in [2.24, 2.45) is 0 Å². The molecule has 2 aliphatic heterocycles. The summed E-state index contributed by atoms with van der Waals surface area (Å²) >= 11 is 0. The number of carbonyl (C=O) groups is 1. The molecule has 148 valence electrons. The number of ether oxygens (including phenoxy) is 1. The molecule has 0 aromatic heterocycles. The van der Waals surface area contributed by atoms with Gasteiger partial charge in [-0.3, -0.25) is 19.5 Å². The first kappa shape index (κ1) is 20.0. The number of rotatable bonds is 8. The molecule has 2 heterocycles. The summed E-state index contributed by atoms with van der Waals surface area (Å²) in [5.41, 5.74) is 1.24. The van der Waals surface area contributed by atoms with Crippen LogP contribution in [0.4, 0.5) is 0 Å². The second kappa shape index (κ2) is 11.2. The monoisotopic (exact) mass is 372 g/mol. The van der Waals surface area contributed by atoms with Gasteiger partial charge in [0.1, 0.15) is 0 Å². The summed E-state index contributed by atoms with van der Waals surface area (Å²) in [6.45, 7) is 10.6. The fourth-order valence-corrected chi connectivity index (χ4v) is 3.47. The van der Waals surface area contributed by atoms with Gasteiger partial charge in [0, 0.05) is 58.9 Å². The highest BCUT2D eigenvalue weighted by Crippen LogP contribution is 2.04. The molecule has 2 aliphatic rings. The first-order valence-electron chi connectivity index (χ1n) is 10.0. The molecule has 0 radical (unpaired) electrons.